The van der Waals surface area contributed by atoms with Gasteiger partial charge in [0, 0.05) is 62.1 Å². The molecule has 3 N–H and O–H groups in total. The van der Waals surface area contributed by atoms with E-state index in [2.05, 4.69) is 33.3 Å². The molecule has 1 saturated carbocycles. The van der Waals surface area contributed by atoms with Crippen molar-refractivity contribution in [1.82, 2.24) is 24.2 Å². The average molecular weight is 513 g/mol. The molecule has 9 nitrogen and oxygen atoms in total. The Morgan fingerprint density at radius 2 is 1.83 bits per heavy atom. The lowest BCUT2D eigenvalue weighted by atomic mass is 9.93. The number of fused-ring (bicyclic) bond motifs is 1. The first-order chi connectivity index (χ1) is 17.5. The van der Waals surface area contributed by atoms with Crippen LogP contribution in [-0.2, 0) is 10.0 Å². The summed E-state index contributed by atoms with van der Waals surface area (Å²) in [5.41, 5.74) is 2.80. The molecule has 3 heterocycles. The Balaban J connectivity index is 1.49. The number of sulfonamides is 1. The Morgan fingerprint density at radius 3 is 2.53 bits per heavy atom. The van der Waals surface area contributed by atoms with Crippen LogP contribution in [-0.4, -0.2) is 71.2 Å². The maximum atomic E-state index is 13.1. The lowest BCUT2D eigenvalue weighted by molar-refractivity contribution is 0.111. The van der Waals surface area contributed by atoms with Crippen molar-refractivity contribution in [3.8, 4) is 11.1 Å². The number of aromatic nitrogens is 3. The molecule has 0 amide bonds. The van der Waals surface area contributed by atoms with Gasteiger partial charge in [-0.05, 0) is 49.8 Å². The lowest BCUT2D eigenvalue weighted by Gasteiger charge is -2.27. The van der Waals surface area contributed by atoms with Crippen molar-refractivity contribution in [2.45, 2.75) is 62.5 Å². The van der Waals surface area contributed by atoms with Crippen molar-refractivity contribution in [3.05, 3.63) is 36.7 Å². The van der Waals surface area contributed by atoms with E-state index in [1.807, 2.05) is 18.3 Å². The van der Waals surface area contributed by atoms with E-state index in [1.165, 1.54) is 0 Å². The number of aliphatic hydroxyl groups excluding tert-OH is 1. The second kappa shape index (κ2) is 10.8. The number of aliphatic hydroxyl groups is 1. The smallest absolute Gasteiger partial charge is 0.243 e. The summed E-state index contributed by atoms with van der Waals surface area (Å²) in [6.45, 7) is 5.29. The third-order valence-corrected chi connectivity index (χ3v) is 9.24. The molecule has 0 unspecified atom stereocenters. The quantitative estimate of drug-likeness (QED) is 0.397. The van der Waals surface area contributed by atoms with E-state index in [1.54, 1.807) is 16.4 Å². The second-order valence-corrected chi connectivity index (χ2v) is 11.7. The van der Waals surface area contributed by atoms with Crippen LogP contribution in [0.1, 0.15) is 51.5 Å². The van der Waals surface area contributed by atoms with E-state index in [-0.39, 0.29) is 12.1 Å². The zero-order valence-corrected chi connectivity index (χ0v) is 21.7. The molecule has 5 rings (SSSR count). The summed E-state index contributed by atoms with van der Waals surface area (Å²) in [5, 5.41) is 17.5. The van der Waals surface area contributed by atoms with Crippen molar-refractivity contribution < 1.29 is 13.5 Å². The number of hydrogen-bond acceptors (Lipinski definition) is 7. The van der Waals surface area contributed by atoms with Gasteiger partial charge in [0.25, 0.3) is 0 Å². The van der Waals surface area contributed by atoms with Gasteiger partial charge in [-0.1, -0.05) is 25.5 Å². The summed E-state index contributed by atoms with van der Waals surface area (Å²) in [7, 11) is -3.51. The van der Waals surface area contributed by atoms with Crippen molar-refractivity contribution >= 4 is 27.0 Å². The highest BCUT2D eigenvalue weighted by Gasteiger charge is 2.27. The Hall–Kier alpha value is -2.53. The van der Waals surface area contributed by atoms with Crippen LogP contribution < -0.4 is 10.6 Å². The molecule has 3 aromatic rings. The van der Waals surface area contributed by atoms with Gasteiger partial charge in [0.05, 0.1) is 11.0 Å². The molecule has 194 valence electrons. The van der Waals surface area contributed by atoms with Gasteiger partial charge < -0.3 is 20.3 Å². The minimum absolute atomic E-state index is 0.228. The predicted molar refractivity (Wildman–Crippen MR) is 142 cm³/mol. The zero-order valence-electron chi connectivity index (χ0n) is 20.9. The first kappa shape index (κ1) is 25.1. The van der Waals surface area contributed by atoms with Gasteiger partial charge in [0.2, 0.25) is 16.0 Å². The molecule has 0 atom stereocenters. The monoisotopic (exact) mass is 512 g/mol. The molecule has 10 heteroatoms. The first-order valence-corrected chi connectivity index (χ1v) is 14.5. The zero-order chi connectivity index (χ0) is 25.1. The summed E-state index contributed by atoms with van der Waals surface area (Å²) >= 11 is 0. The minimum atomic E-state index is -3.51. The van der Waals surface area contributed by atoms with Gasteiger partial charge in [-0.15, -0.1) is 0 Å². The van der Waals surface area contributed by atoms with Crippen LogP contribution in [0.15, 0.2) is 41.6 Å². The highest BCUT2D eigenvalue weighted by Crippen LogP contribution is 2.37. The third-order valence-electron chi connectivity index (χ3n) is 7.32. The Bertz CT molecular complexity index is 1280. The summed E-state index contributed by atoms with van der Waals surface area (Å²) in [6, 6.07) is 7.43. The second-order valence-electron chi connectivity index (χ2n) is 9.80. The Labute approximate surface area is 213 Å². The number of unbranched alkanes of at least 4 members (excludes halogenated alkanes) is 1. The predicted octanol–water partition coefficient (Wildman–Crippen LogP) is 3.38. The maximum absolute atomic E-state index is 13.1. The number of hydrogen-bond donors (Lipinski definition) is 3. The molecule has 2 aliphatic rings. The van der Waals surface area contributed by atoms with Gasteiger partial charge in [0.15, 0.2) is 0 Å². The van der Waals surface area contributed by atoms with E-state index in [0.717, 1.165) is 67.2 Å². The summed E-state index contributed by atoms with van der Waals surface area (Å²) in [6.07, 6.45) is 9.27. The molecule has 1 saturated heterocycles. The van der Waals surface area contributed by atoms with Crippen molar-refractivity contribution in [2.75, 3.05) is 38.0 Å². The molecule has 0 bridgehead atoms. The number of anilines is 1. The number of benzene rings is 1. The molecular formula is C26H36N6O3S. The standard InChI is InChI=1S/C26H36N6O3S/c1-2-3-12-28-26-29-17-23-24(18-32(25(23)30-26)20-6-8-21(33)9-7-20)19-4-10-22(11-5-19)36(34,35)31-15-13-27-14-16-31/h4-5,10-11,17-18,20-21,27,33H,2-3,6-9,12-16H2,1H3,(H,28,29,30)/t20-,21-. The van der Waals surface area contributed by atoms with Crippen LogP contribution >= 0.6 is 0 Å². The first-order valence-electron chi connectivity index (χ1n) is 13.1. The highest BCUT2D eigenvalue weighted by atomic mass is 32.2. The van der Waals surface area contributed by atoms with E-state index in [9.17, 15) is 13.5 Å². The van der Waals surface area contributed by atoms with Gasteiger partial charge in [0.1, 0.15) is 5.65 Å². The van der Waals surface area contributed by atoms with Crippen molar-refractivity contribution in [2.24, 2.45) is 0 Å². The van der Waals surface area contributed by atoms with Gasteiger partial charge >= 0.3 is 0 Å². The molecule has 36 heavy (non-hydrogen) atoms. The maximum Gasteiger partial charge on any atom is 0.243 e. The molecule has 1 aliphatic carbocycles. The van der Waals surface area contributed by atoms with Crippen LogP contribution in [0.4, 0.5) is 5.95 Å². The third kappa shape index (κ3) is 5.13. The molecule has 1 aliphatic heterocycles. The summed E-state index contributed by atoms with van der Waals surface area (Å²) in [5.74, 6) is 0.621. The number of nitrogens with one attached hydrogen (secondary N) is 2. The molecule has 2 aromatic heterocycles. The van der Waals surface area contributed by atoms with E-state index in [4.69, 9.17) is 4.98 Å². The minimum Gasteiger partial charge on any atom is -0.393 e. The molecule has 0 radical (unpaired) electrons. The normalized spacial score (nSPS) is 21.6. The van der Waals surface area contributed by atoms with Crippen LogP contribution in [0.3, 0.4) is 0 Å². The summed E-state index contributed by atoms with van der Waals surface area (Å²) < 4.78 is 29.9. The summed E-state index contributed by atoms with van der Waals surface area (Å²) in [4.78, 5) is 9.76. The van der Waals surface area contributed by atoms with E-state index < -0.39 is 10.0 Å². The Kier molecular flexibility index (Phi) is 7.57. The molecular weight excluding hydrogens is 476 g/mol. The van der Waals surface area contributed by atoms with Crippen LogP contribution in [0.2, 0.25) is 0 Å². The van der Waals surface area contributed by atoms with Crippen LogP contribution in [0, 0.1) is 0 Å². The highest BCUT2D eigenvalue weighted by molar-refractivity contribution is 7.89. The molecule has 2 fully saturated rings. The number of piperazine rings is 1. The lowest BCUT2D eigenvalue weighted by Crippen LogP contribution is -2.46. The van der Waals surface area contributed by atoms with E-state index >= 15 is 0 Å². The SMILES string of the molecule is CCCCNc1ncc2c(-c3ccc(S(=O)(=O)N4CCNCC4)cc3)cn([C@H]3CC[C@H](O)CC3)c2n1. The largest absolute Gasteiger partial charge is 0.393 e. The topological polar surface area (TPSA) is 112 Å². The van der Waals surface area contributed by atoms with E-state index in [0.29, 0.717) is 37.0 Å². The average Bonchev–Trinajstić information content (AvgIpc) is 3.29. The van der Waals surface area contributed by atoms with Crippen LogP contribution in [0.25, 0.3) is 22.2 Å². The fourth-order valence-electron chi connectivity index (χ4n) is 5.18. The Morgan fingerprint density at radius 1 is 1.11 bits per heavy atom. The molecule has 0 spiro atoms. The number of rotatable bonds is 8. The van der Waals surface area contributed by atoms with Crippen molar-refractivity contribution in [1.29, 1.82) is 0 Å². The fourth-order valence-corrected chi connectivity index (χ4v) is 6.62. The fraction of sp³-hybridized carbons (Fsp3) is 0.538. The van der Waals surface area contributed by atoms with Gasteiger partial charge in [-0.2, -0.15) is 9.29 Å². The van der Waals surface area contributed by atoms with Crippen LogP contribution in [0.5, 0.6) is 0 Å². The van der Waals surface area contributed by atoms with Gasteiger partial charge in [-0.25, -0.2) is 13.4 Å². The van der Waals surface area contributed by atoms with Gasteiger partial charge in [-0.3, -0.25) is 0 Å². The molecule has 1 aromatic carbocycles. The van der Waals surface area contributed by atoms with Crippen molar-refractivity contribution in [3.63, 3.8) is 0 Å². The number of nitrogens with zero attached hydrogens (tertiary/aromatic N) is 4.